The van der Waals surface area contributed by atoms with Crippen molar-refractivity contribution in [1.82, 2.24) is 5.32 Å². The maximum Gasteiger partial charge on any atom is 0.220 e. The molecule has 0 unspecified atom stereocenters. The summed E-state index contributed by atoms with van der Waals surface area (Å²) in [6.07, 6.45) is 1.00. The van der Waals surface area contributed by atoms with Crippen LogP contribution in [0.2, 0.25) is 10.0 Å². The zero-order valence-corrected chi connectivity index (χ0v) is 14.2. The quantitative estimate of drug-likeness (QED) is 0.807. The summed E-state index contributed by atoms with van der Waals surface area (Å²) in [5, 5.41) is 4.22. The number of hydrogen-bond acceptors (Lipinski definition) is 1. The molecule has 0 aliphatic rings. The average Bonchev–Trinajstić information content (AvgIpc) is 2.47. The molecule has 0 spiro atoms. The van der Waals surface area contributed by atoms with Gasteiger partial charge < -0.3 is 5.32 Å². The fraction of sp³-hybridized carbons (Fsp3) is 0.278. The molecule has 0 radical (unpaired) electrons. The Kier molecular flexibility index (Phi) is 5.87. The number of hydrogen-bond donors (Lipinski definition) is 1. The summed E-state index contributed by atoms with van der Waals surface area (Å²) in [5.41, 5.74) is 3.24. The predicted molar refractivity (Wildman–Crippen MR) is 92.5 cm³/mol. The molecule has 1 amide bonds. The van der Waals surface area contributed by atoms with E-state index in [0.29, 0.717) is 22.9 Å². The van der Waals surface area contributed by atoms with Crippen LogP contribution in [-0.4, -0.2) is 5.91 Å². The lowest BCUT2D eigenvalue weighted by Gasteiger charge is -2.15. The number of rotatable bonds is 5. The van der Waals surface area contributed by atoms with E-state index >= 15 is 0 Å². The van der Waals surface area contributed by atoms with E-state index in [9.17, 15) is 4.79 Å². The van der Waals surface area contributed by atoms with Crippen LogP contribution in [0.3, 0.4) is 0 Å². The van der Waals surface area contributed by atoms with Gasteiger partial charge in [-0.2, -0.15) is 0 Å². The van der Waals surface area contributed by atoms with Gasteiger partial charge in [-0.3, -0.25) is 4.79 Å². The third-order valence-electron chi connectivity index (χ3n) is 3.59. The molecule has 22 heavy (non-hydrogen) atoms. The van der Waals surface area contributed by atoms with E-state index in [-0.39, 0.29) is 11.9 Å². The Morgan fingerprint density at radius 1 is 1.14 bits per heavy atom. The zero-order valence-electron chi connectivity index (χ0n) is 12.7. The molecule has 2 rings (SSSR count). The van der Waals surface area contributed by atoms with Crippen LogP contribution in [0.1, 0.15) is 36.1 Å². The van der Waals surface area contributed by atoms with Crippen LogP contribution >= 0.6 is 23.2 Å². The largest absolute Gasteiger partial charge is 0.350 e. The highest BCUT2D eigenvalue weighted by Crippen LogP contribution is 2.22. The fourth-order valence-electron chi connectivity index (χ4n) is 2.22. The molecule has 0 saturated heterocycles. The van der Waals surface area contributed by atoms with Crippen molar-refractivity contribution < 1.29 is 4.79 Å². The van der Waals surface area contributed by atoms with Crippen molar-refractivity contribution in [3.8, 4) is 0 Å². The van der Waals surface area contributed by atoms with E-state index in [0.717, 1.165) is 11.1 Å². The third-order valence-corrected chi connectivity index (χ3v) is 4.18. The molecule has 0 aromatic heterocycles. The average molecular weight is 336 g/mol. The molecule has 4 heteroatoms. The molecule has 0 bridgehead atoms. The lowest BCUT2D eigenvalue weighted by molar-refractivity contribution is -0.121. The molecule has 2 nitrogen and oxygen atoms in total. The predicted octanol–water partition coefficient (Wildman–Crippen LogP) is 5.11. The number of nitrogens with one attached hydrogen (secondary N) is 1. The monoisotopic (exact) mass is 335 g/mol. The molecule has 0 heterocycles. The summed E-state index contributed by atoms with van der Waals surface area (Å²) >= 11 is 12.0. The minimum atomic E-state index is -0.00575. The summed E-state index contributed by atoms with van der Waals surface area (Å²) in [6.45, 7) is 4.03. The number of aryl methyl sites for hydroxylation is 2. The lowest BCUT2D eigenvalue weighted by atomic mass is 10.1. The number of amides is 1. The van der Waals surface area contributed by atoms with E-state index in [1.54, 1.807) is 12.1 Å². The van der Waals surface area contributed by atoms with Gasteiger partial charge in [-0.05, 0) is 43.5 Å². The summed E-state index contributed by atoms with van der Waals surface area (Å²) < 4.78 is 0. The molecule has 0 fully saturated rings. The van der Waals surface area contributed by atoms with Gasteiger partial charge in [-0.1, -0.05) is 59.1 Å². The second-order valence-corrected chi connectivity index (χ2v) is 6.28. The normalized spacial score (nSPS) is 12.0. The summed E-state index contributed by atoms with van der Waals surface area (Å²) in [7, 11) is 0. The van der Waals surface area contributed by atoms with Crippen LogP contribution < -0.4 is 5.32 Å². The SMILES string of the molecule is Cc1ccc([C@H](C)NC(=O)CCc2ccc(Cl)cc2Cl)cc1. The molecule has 1 N–H and O–H groups in total. The molecular formula is C18H19Cl2NO. The summed E-state index contributed by atoms with van der Waals surface area (Å²) in [5.74, 6) is 0.0130. The van der Waals surface area contributed by atoms with E-state index in [1.807, 2.05) is 44.2 Å². The first-order valence-electron chi connectivity index (χ1n) is 7.25. The number of carbonyl (C=O) groups is 1. The van der Waals surface area contributed by atoms with Gasteiger partial charge in [0.05, 0.1) is 6.04 Å². The Labute approximate surface area is 141 Å². The van der Waals surface area contributed by atoms with Crippen molar-refractivity contribution in [1.29, 1.82) is 0 Å². The van der Waals surface area contributed by atoms with Gasteiger partial charge in [0.15, 0.2) is 0 Å². The molecule has 0 aliphatic carbocycles. The van der Waals surface area contributed by atoms with Crippen molar-refractivity contribution in [3.63, 3.8) is 0 Å². The van der Waals surface area contributed by atoms with E-state index in [2.05, 4.69) is 5.32 Å². The topological polar surface area (TPSA) is 29.1 Å². The standard InChI is InChI=1S/C18H19Cl2NO/c1-12-3-5-14(6-4-12)13(2)21-18(22)10-8-15-7-9-16(19)11-17(15)20/h3-7,9,11,13H,8,10H2,1-2H3,(H,21,22)/t13-/m0/s1. The van der Waals surface area contributed by atoms with Crippen molar-refractivity contribution in [2.75, 3.05) is 0 Å². The Morgan fingerprint density at radius 3 is 2.45 bits per heavy atom. The zero-order chi connectivity index (χ0) is 16.1. The molecular weight excluding hydrogens is 317 g/mol. The molecule has 116 valence electrons. The Hall–Kier alpha value is -1.51. The maximum absolute atomic E-state index is 12.1. The van der Waals surface area contributed by atoms with Crippen molar-refractivity contribution in [2.24, 2.45) is 0 Å². The van der Waals surface area contributed by atoms with Crippen LogP contribution in [0, 0.1) is 6.92 Å². The number of halogens is 2. The van der Waals surface area contributed by atoms with Crippen LogP contribution in [0.5, 0.6) is 0 Å². The second-order valence-electron chi connectivity index (χ2n) is 5.44. The molecule has 2 aromatic carbocycles. The van der Waals surface area contributed by atoms with Crippen LogP contribution in [0.25, 0.3) is 0 Å². The van der Waals surface area contributed by atoms with Gasteiger partial charge in [0, 0.05) is 16.5 Å². The van der Waals surface area contributed by atoms with Crippen LogP contribution in [-0.2, 0) is 11.2 Å². The summed E-state index contributed by atoms with van der Waals surface area (Å²) in [6, 6.07) is 13.5. The van der Waals surface area contributed by atoms with Crippen molar-refractivity contribution in [3.05, 3.63) is 69.2 Å². The first-order valence-corrected chi connectivity index (χ1v) is 8.01. The lowest BCUT2D eigenvalue weighted by Crippen LogP contribution is -2.26. The van der Waals surface area contributed by atoms with Crippen molar-refractivity contribution in [2.45, 2.75) is 32.7 Å². The van der Waals surface area contributed by atoms with E-state index in [1.165, 1.54) is 5.56 Å². The van der Waals surface area contributed by atoms with E-state index in [4.69, 9.17) is 23.2 Å². The Bertz CT molecular complexity index is 653. The van der Waals surface area contributed by atoms with Crippen molar-refractivity contribution >= 4 is 29.1 Å². The first kappa shape index (κ1) is 16.9. The first-order chi connectivity index (χ1) is 10.5. The maximum atomic E-state index is 12.1. The minimum absolute atomic E-state index is 0.00575. The third kappa shape index (κ3) is 4.75. The van der Waals surface area contributed by atoms with Gasteiger partial charge >= 0.3 is 0 Å². The second kappa shape index (κ2) is 7.66. The molecule has 0 aliphatic heterocycles. The molecule has 1 atom stereocenters. The van der Waals surface area contributed by atoms with E-state index < -0.39 is 0 Å². The number of benzene rings is 2. The number of carbonyl (C=O) groups excluding carboxylic acids is 1. The van der Waals surface area contributed by atoms with Gasteiger partial charge in [0.1, 0.15) is 0 Å². The highest BCUT2D eigenvalue weighted by atomic mass is 35.5. The fourth-order valence-corrected chi connectivity index (χ4v) is 2.73. The summed E-state index contributed by atoms with van der Waals surface area (Å²) in [4.78, 5) is 12.1. The van der Waals surface area contributed by atoms with Crippen LogP contribution in [0.4, 0.5) is 0 Å². The van der Waals surface area contributed by atoms with Gasteiger partial charge in [-0.15, -0.1) is 0 Å². The Morgan fingerprint density at radius 2 is 1.82 bits per heavy atom. The molecule has 2 aromatic rings. The highest BCUT2D eigenvalue weighted by Gasteiger charge is 2.10. The van der Waals surface area contributed by atoms with Gasteiger partial charge in [-0.25, -0.2) is 0 Å². The molecule has 0 saturated carbocycles. The Balaban J connectivity index is 1.88. The van der Waals surface area contributed by atoms with Crippen LogP contribution in [0.15, 0.2) is 42.5 Å². The van der Waals surface area contributed by atoms with Gasteiger partial charge in [0.2, 0.25) is 5.91 Å². The highest BCUT2D eigenvalue weighted by molar-refractivity contribution is 6.35. The van der Waals surface area contributed by atoms with Gasteiger partial charge in [0.25, 0.3) is 0 Å². The smallest absolute Gasteiger partial charge is 0.220 e. The minimum Gasteiger partial charge on any atom is -0.350 e.